The number of benzene rings is 1. The first-order chi connectivity index (χ1) is 15.5. The van der Waals surface area contributed by atoms with Crippen molar-refractivity contribution in [2.75, 3.05) is 25.5 Å². The molecule has 2 heterocycles. The van der Waals surface area contributed by atoms with Gasteiger partial charge >= 0.3 is 16.4 Å². The molecule has 2 aromatic rings. The smallest absolute Gasteiger partial charge is 0.416 e. The van der Waals surface area contributed by atoms with Gasteiger partial charge in [0.2, 0.25) is 0 Å². The fourth-order valence-corrected chi connectivity index (χ4v) is 4.60. The van der Waals surface area contributed by atoms with Crippen LogP contribution < -0.4 is 10.0 Å². The van der Waals surface area contributed by atoms with Crippen molar-refractivity contribution in [1.82, 2.24) is 14.0 Å². The lowest BCUT2D eigenvalue weighted by atomic mass is 10.0. The molecule has 1 saturated heterocycles. The second-order valence-corrected chi connectivity index (χ2v) is 9.29. The van der Waals surface area contributed by atoms with E-state index in [0.717, 1.165) is 24.8 Å². The van der Waals surface area contributed by atoms with Crippen LogP contribution in [0.15, 0.2) is 33.9 Å². The van der Waals surface area contributed by atoms with E-state index in [0.29, 0.717) is 18.4 Å². The van der Waals surface area contributed by atoms with Gasteiger partial charge in [-0.15, -0.1) is 0 Å². The van der Waals surface area contributed by atoms with E-state index in [1.54, 1.807) is 20.2 Å². The van der Waals surface area contributed by atoms with Gasteiger partial charge < -0.3 is 14.7 Å². The van der Waals surface area contributed by atoms with E-state index in [1.165, 1.54) is 10.4 Å². The van der Waals surface area contributed by atoms with Gasteiger partial charge in [0.1, 0.15) is 6.26 Å². The molecule has 0 aliphatic carbocycles. The molecule has 1 aromatic heterocycles. The van der Waals surface area contributed by atoms with E-state index >= 15 is 0 Å². The van der Waals surface area contributed by atoms with Gasteiger partial charge in [0.15, 0.2) is 5.69 Å². The van der Waals surface area contributed by atoms with Crippen molar-refractivity contribution in [3.63, 3.8) is 0 Å². The number of oxazole rings is 1. The highest BCUT2D eigenvalue weighted by atomic mass is 32.2. The van der Waals surface area contributed by atoms with Crippen LogP contribution in [0, 0.1) is 12.8 Å². The molecule has 1 aliphatic rings. The van der Waals surface area contributed by atoms with Crippen LogP contribution in [-0.2, 0) is 16.4 Å². The Labute approximate surface area is 189 Å². The van der Waals surface area contributed by atoms with E-state index in [4.69, 9.17) is 4.42 Å². The van der Waals surface area contributed by atoms with Gasteiger partial charge in [-0.1, -0.05) is 6.07 Å². The van der Waals surface area contributed by atoms with Gasteiger partial charge in [-0.2, -0.15) is 30.9 Å². The summed E-state index contributed by atoms with van der Waals surface area (Å²) in [5.74, 6) is -0.835. The summed E-state index contributed by atoms with van der Waals surface area (Å²) < 4.78 is 72.4. The average molecular weight is 488 g/mol. The largest absolute Gasteiger partial charge is 0.431 e. The lowest BCUT2D eigenvalue weighted by Crippen LogP contribution is -2.44. The second-order valence-electron chi connectivity index (χ2n) is 7.62. The lowest BCUT2D eigenvalue weighted by molar-refractivity contribution is -0.137. The van der Waals surface area contributed by atoms with Gasteiger partial charge in [0.25, 0.3) is 11.9 Å². The predicted molar refractivity (Wildman–Crippen MR) is 116 cm³/mol. The number of carbonyl (C=O) groups is 1. The van der Waals surface area contributed by atoms with Crippen molar-refractivity contribution in [2.24, 2.45) is 10.9 Å². The molecular weight excluding hydrogens is 463 g/mol. The Kier molecular flexibility index (Phi) is 7.42. The minimum atomic E-state index is -4.53. The molecule has 1 atom stereocenters. The number of carbonyl (C=O) groups excluding carboxylic acids is 1. The van der Waals surface area contributed by atoms with Crippen LogP contribution in [0.2, 0.25) is 0 Å². The number of hydrogen-bond acceptors (Lipinski definition) is 7. The van der Waals surface area contributed by atoms with Gasteiger partial charge in [-0.3, -0.25) is 4.79 Å². The van der Waals surface area contributed by atoms with Crippen molar-refractivity contribution in [3.05, 3.63) is 41.3 Å². The minimum Gasteiger partial charge on any atom is -0.431 e. The molecule has 1 fully saturated rings. The Hall–Kier alpha value is -2.93. The second kappa shape index (κ2) is 9.91. The van der Waals surface area contributed by atoms with Crippen LogP contribution in [0.5, 0.6) is 0 Å². The third kappa shape index (κ3) is 6.32. The molecule has 9 nitrogen and oxygen atoms in total. The zero-order valence-corrected chi connectivity index (χ0v) is 18.8. The summed E-state index contributed by atoms with van der Waals surface area (Å²) in [6.45, 7) is 2.08. The van der Waals surface area contributed by atoms with Crippen molar-refractivity contribution in [2.45, 2.75) is 32.4 Å². The Morgan fingerprint density at radius 1 is 1.30 bits per heavy atom. The number of halogens is 3. The lowest BCUT2D eigenvalue weighted by Gasteiger charge is -2.19. The monoisotopic (exact) mass is 487 g/mol. The van der Waals surface area contributed by atoms with E-state index in [-0.39, 0.29) is 36.4 Å². The van der Waals surface area contributed by atoms with Crippen molar-refractivity contribution < 1.29 is 30.8 Å². The topological polar surface area (TPSA) is 117 Å². The fourth-order valence-electron chi connectivity index (χ4n) is 3.41. The van der Waals surface area contributed by atoms with Gasteiger partial charge in [-0.05, 0) is 49.8 Å². The van der Waals surface area contributed by atoms with E-state index in [9.17, 15) is 26.4 Å². The zero-order valence-electron chi connectivity index (χ0n) is 18.0. The molecule has 0 bridgehead atoms. The minimum absolute atomic E-state index is 0.0843. The van der Waals surface area contributed by atoms with E-state index in [1.807, 2.05) is 4.72 Å². The van der Waals surface area contributed by atoms with Gasteiger partial charge in [0.05, 0.1) is 5.56 Å². The van der Waals surface area contributed by atoms with Gasteiger partial charge in [0, 0.05) is 32.0 Å². The molecule has 33 heavy (non-hydrogen) atoms. The van der Waals surface area contributed by atoms with Gasteiger partial charge in [-0.25, -0.2) is 4.72 Å². The maximum absolute atomic E-state index is 13.0. The fraction of sp³-hybridized carbons (Fsp3) is 0.450. The molecule has 0 saturated carbocycles. The van der Waals surface area contributed by atoms with Crippen LogP contribution in [-0.4, -0.2) is 50.0 Å². The molecule has 1 aliphatic heterocycles. The first kappa shape index (κ1) is 24.7. The zero-order chi connectivity index (χ0) is 24.2. The number of nitrogens with zero attached hydrogens (tertiary/aromatic N) is 3. The number of amides is 1. The first-order valence-corrected chi connectivity index (χ1v) is 11.6. The van der Waals surface area contributed by atoms with E-state index < -0.39 is 27.9 Å². The molecule has 1 unspecified atom stereocenters. The van der Waals surface area contributed by atoms with Crippen LogP contribution in [0.1, 0.15) is 40.9 Å². The average Bonchev–Trinajstić information content (AvgIpc) is 3.06. The maximum atomic E-state index is 13.0. The number of nitrogens with one attached hydrogen (secondary N) is 2. The quantitative estimate of drug-likeness (QED) is 0.602. The number of alkyl halides is 3. The number of rotatable bonds is 6. The summed E-state index contributed by atoms with van der Waals surface area (Å²) in [6.07, 6.45) is 0.194. The molecule has 3 rings (SSSR count). The highest BCUT2D eigenvalue weighted by Gasteiger charge is 2.31. The van der Waals surface area contributed by atoms with Crippen LogP contribution in [0.25, 0.3) is 0 Å². The summed E-state index contributed by atoms with van der Waals surface area (Å²) in [5.41, 5.74) is -0.629. The van der Waals surface area contributed by atoms with Crippen molar-refractivity contribution >= 4 is 34.0 Å². The van der Waals surface area contributed by atoms with Crippen LogP contribution in [0.3, 0.4) is 0 Å². The Bertz CT molecular complexity index is 1130. The highest BCUT2D eigenvalue weighted by molar-refractivity contribution is 7.87. The summed E-state index contributed by atoms with van der Waals surface area (Å²) in [5, 5.41) is 2.58. The molecule has 2 N–H and O–H groups in total. The third-order valence-corrected chi connectivity index (χ3v) is 6.68. The summed E-state index contributed by atoms with van der Waals surface area (Å²) in [7, 11) is -2.45. The molecule has 1 amide bonds. The number of aromatic nitrogens is 1. The Morgan fingerprint density at radius 2 is 2.06 bits per heavy atom. The summed E-state index contributed by atoms with van der Waals surface area (Å²) in [4.78, 5) is 20.3. The SMILES string of the molecule is CN=CC1CCCN(S(=O)(=O)NC(=O)c2coc(Nc3cc(C(F)(F)F)ccc3C)n2)CC1. The van der Waals surface area contributed by atoms with Crippen LogP contribution >= 0.6 is 0 Å². The highest BCUT2D eigenvalue weighted by Crippen LogP contribution is 2.33. The van der Waals surface area contributed by atoms with Crippen LogP contribution in [0.4, 0.5) is 24.9 Å². The van der Waals surface area contributed by atoms with Crippen molar-refractivity contribution in [3.8, 4) is 0 Å². The summed E-state index contributed by atoms with van der Waals surface area (Å²) >= 11 is 0. The molecule has 0 radical (unpaired) electrons. The number of aliphatic imine (C=N–C) groups is 1. The number of hydrogen-bond donors (Lipinski definition) is 2. The Morgan fingerprint density at radius 3 is 2.76 bits per heavy atom. The number of anilines is 2. The molecule has 1 aromatic carbocycles. The van der Waals surface area contributed by atoms with Crippen molar-refractivity contribution in [1.29, 1.82) is 0 Å². The summed E-state index contributed by atoms with van der Waals surface area (Å²) in [6, 6.07) is 2.86. The first-order valence-electron chi connectivity index (χ1n) is 10.1. The standard InChI is InChI=1S/C20H24F3N5O4S/c1-13-5-6-15(20(21,22)23)10-16(13)25-19-26-17(12-32-19)18(29)27-33(30,31)28-8-3-4-14(7-9-28)11-24-2/h5-6,10-12,14H,3-4,7-9H2,1-2H3,(H,25,26)(H,27,29). The molecular formula is C20H24F3N5O4S. The Balaban J connectivity index is 1.68. The number of aryl methyl sites for hydroxylation is 1. The van der Waals surface area contributed by atoms with E-state index in [2.05, 4.69) is 15.3 Å². The predicted octanol–water partition coefficient (Wildman–Crippen LogP) is 3.52. The third-order valence-electron chi connectivity index (χ3n) is 5.20. The maximum Gasteiger partial charge on any atom is 0.416 e. The molecule has 0 spiro atoms. The normalized spacial score (nSPS) is 18.3. The molecule has 13 heteroatoms. The molecule has 180 valence electrons.